The van der Waals surface area contributed by atoms with E-state index in [0.29, 0.717) is 11.6 Å². The highest BCUT2D eigenvalue weighted by Crippen LogP contribution is 2.52. The van der Waals surface area contributed by atoms with Crippen LogP contribution in [0.5, 0.6) is 0 Å². The Morgan fingerprint density at radius 1 is 1.14 bits per heavy atom. The van der Waals surface area contributed by atoms with Crippen molar-refractivity contribution < 1.29 is 13.6 Å². The Labute approximate surface area is 130 Å². The SMILES string of the molecule is CCOP(=O)(Cc1[c]cccc1)OCc1ccccc1Cl. The standard InChI is InChI=1S/C16H17ClO3P/c1-2-19-21(18,13-14-8-4-3-5-9-14)20-12-15-10-6-7-11-16(15)17/h3-8,10-11H,2,12-13H2,1H3. The summed E-state index contributed by atoms with van der Waals surface area (Å²) < 4.78 is 23.7. The molecule has 0 aliphatic heterocycles. The summed E-state index contributed by atoms with van der Waals surface area (Å²) in [6.07, 6.45) is 0.201. The largest absolute Gasteiger partial charge is 0.335 e. The van der Waals surface area contributed by atoms with Gasteiger partial charge < -0.3 is 9.05 Å². The molecule has 0 amide bonds. The van der Waals surface area contributed by atoms with Crippen LogP contribution in [0.4, 0.5) is 0 Å². The van der Waals surface area contributed by atoms with E-state index in [1.807, 2.05) is 36.4 Å². The highest BCUT2D eigenvalue weighted by atomic mass is 35.5. The summed E-state index contributed by atoms with van der Waals surface area (Å²) in [7, 11) is -3.22. The molecule has 0 fully saturated rings. The first-order chi connectivity index (χ1) is 10.1. The smallest absolute Gasteiger partial charge is 0.309 e. The molecule has 21 heavy (non-hydrogen) atoms. The van der Waals surface area contributed by atoms with Crippen LogP contribution in [0.25, 0.3) is 0 Å². The van der Waals surface area contributed by atoms with Gasteiger partial charge in [0.2, 0.25) is 0 Å². The van der Waals surface area contributed by atoms with Gasteiger partial charge in [0.05, 0.1) is 19.4 Å². The first-order valence-electron chi connectivity index (χ1n) is 6.70. The lowest BCUT2D eigenvalue weighted by Crippen LogP contribution is -2.00. The number of halogens is 1. The summed E-state index contributed by atoms with van der Waals surface area (Å²) in [5.74, 6) is 0. The van der Waals surface area contributed by atoms with Crippen LogP contribution < -0.4 is 0 Å². The molecular formula is C16H17ClO3P. The Morgan fingerprint density at radius 3 is 2.57 bits per heavy atom. The van der Waals surface area contributed by atoms with Gasteiger partial charge in [0.1, 0.15) is 0 Å². The van der Waals surface area contributed by atoms with Crippen molar-refractivity contribution >= 4 is 19.2 Å². The second-order valence-corrected chi connectivity index (χ2v) is 6.90. The zero-order valence-corrected chi connectivity index (χ0v) is 13.4. The summed E-state index contributed by atoms with van der Waals surface area (Å²) in [5.41, 5.74) is 1.59. The fourth-order valence-electron chi connectivity index (χ4n) is 1.85. The second kappa shape index (κ2) is 7.77. The average molecular weight is 324 g/mol. The third-order valence-electron chi connectivity index (χ3n) is 2.84. The molecule has 1 radical (unpaired) electrons. The molecule has 1 unspecified atom stereocenters. The van der Waals surface area contributed by atoms with Crippen LogP contribution in [0.3, 0.4) is 0 Å². The average Bonchev–Trinajstić information content (AvgIpc) is 2.48. The van der Waals surface area contributed by atoms with E-state index in [1.54, 1.807) is 19.1 Å². The minimum atomic E-state index is -3.22. The second-order valence-electron chi connectivity index (χ2n) is 4.44. The molecule has 0 N–H and O–H groups in total. The highest BCUT2D eigenvalue weighted by Gasteiger charge is 2.25. The van der Waals surface area contributed by atoms with Crippen LogP contribution in [0, 0.1) is 6.07 Å². The molecule has 0 saturated heterocycles. The van der Waals surface area contributed by atoms with Crippen molar-refractivity contribution in [3.8, 4) is 0 Å². The fraction of sp³-hybridized carbons (Fsp3) is 0.250. The van der Waals surface area contributed by atoms with E-state index < -0.39 is 7.60 Å². The lowest BCUT2D eigenvalue weighted by atomic mass is 10.2. The maximum Gasteiger partial charge on any atom is 0.335 e. The number of hydrogen-bond donors (Lipinski definition) is 0. The Balaban J connectivity index is 2.08. The summed E-state index contributed by atoms with van der Waals surface area (Å²) in [5, 5.41) is 0.590. The molecule has 5 heteroatoms. The van der Waals surface area contributed by atoms with Crippen LogP contribution >= 0.6 is 19.2 Å². The molecule has 2 aromatic rings. The zero-order valence-electron chi connectivity index (χ0n) is 11.8. The lowest BCUT2D eigenvalue weighted by Gasteiger charge is -2.18. The number of benzene rings is 2. The molecule has 111 valence electrons. The van der Waals surface area contributed by atoms with Gasteiger partial charge in [-0.15, -0.1) is 0 Å². The van der Waals surface area contributed by atoms with E-state index in [9.17, 15) is 4.57 Å². The van der Waals surface area contributed by atoms with Crippen molar-refractivity contribution in [2.75, 3.05) is 6.61 Å². The molecule has 2 aromatic carbocycles. The number of rotatable bonds is 7. The molecule has 3 nitrogen and oxygen atoms in total. The quantitative estimate of drug-likeness (QED) is 0.666. The van der Waals surface area contributed by atoms with Gasteiger partial charge in [0.25, 0.3) is 0 Å². The van der Waals surface area contributed by atoms with Crippen molar-refractivity contribution in [1.29, 1.82) is 0 Å². The van der Waals surface area contributed by atoms with E-state index in [2.05, 4.69) is 6.07 Å². The zero-order chi connectivity index (χ0) is 15.1. The van der Waals surface area contributed by atoms with Gasteiger partial charge in [0, 0.05) is 5.02 Å². The summed E-state index contributed by atoms with van der Waals surface area (Å²) in [4.78, 5) is 0. The van der Waals surface area contributed by atoms with Gasteiger partial charge in [-0.2, -0.15) is 0 Å². The molecule has 0 bridgehead atoms. The number of hydrogen-bond acceptors (Lipinski definition) is 3. The van der Waals surface area contributed by atoms with Crippen molar-refractivity contribution in [1.82, 2.24) is 0 Å². The monoisotopic (exact) mass is 323 g/mol. The minimum absolute atomic E-state index is 0.157. The molecule has 0 heterocycles. The van der Waals surface area contributed by atoms with E-state index >= 15 is 0 Å². The van der Waals surface area contributed by atoms with Crippen molar-refractivity contribution in [3.63, 3.8) is 0 Å². The predicted molar refractivity (Wildman–Crippen MR) is 84.5 cm³/mol. The van der Waals surface area contributed by atoms with Crippen molar-refractivity contribution in [2.45, 2.75) is 19.7 Å². The van der Waals surface area contributed by atoms with E-state index in [4.69, 9.17) is 20.6 Å². The Bertz CT molecular complexity index is 616. The van der Waals surface area contributed by atoms with Crippen LogP contribution in [-0.4, -0.2) is 6.61 Å². The fourth-order valence-corrected chi connectivity index (χ4v) is 3.64. The van der Waals surface area contributed by atoms with Gasteiger partial charge in [-0.05, 0) is 30.2 Å². The third kappa shape index (κ3) is 4.98. The molecular weight excluding hydrogens is 307 g/mol. The van der Waals surface area contributed by atoms with Crippen LogP contribution in [0.2, 0.25) is 5.02 Å². The Kier molecular flexibility index (Phi) is 6.01. The highest BCUT2D eigenvalue weighted by molar-refractivity contribution is 7.53. The van der Waals surface area contributed by atoms with Gasteiger partial charge in [0.15, 0.2) is 0 Å². The van der Waals surface area contributed by atoms with Crippen LogP contribution in [-0.2, 0) is 26.4 Å². The maximum absolute atomic E-state index is 12.8. The molecule has 0 saturated carbocycles. The van der Waals surface area contributed by atoms with Crippen LogP contribution in [0.15, 0.2) is 48.5 Å². The van der Waals surface area contributed by atoms with Crippen molar-refractivity contribution in [3.05, 3.63) is 70.7 Å². The van der Waals surface area contributed by atoms with Gasteiger partial charge in [-0.1, -0.05) is 54.1 Å². The van der Waals surface area contributed by atoms with E-state index in [-0.39, 0.29) is 12.8 Å². The molecule has 0 aromatic heterocycles. The Hall–Kier alpha value is -1.12. The van der Waals surface area contributed by atoms with E-state index in [0.717, 1.165) is 11.1 Å². The summed E-state index contributed by atoms with van der Waals surface area (Å²) >= 11 is 6.07. The predicted octanol–water partition coefficient (Wildman–Crippen LogP) is 5.09. The molecule has 1 atom stereocenters. The normalized spacial score (nSPS) is 13.8. The maximum atomic E-state index is 12.8. The lowest BCUT2D eigenvalue weighted by molar-refractivity contribution is 0.203. The van der Waals surface area contributed by atoms with Gasteiger partial charge in [-0.25, -0.2) is 0 Å². The summed E-state index contributed by atoms with van der Waals surface area (Å²) in [6, 6.07) is 17.7. The topological polar surface area (TPSA) is 35.5 Å². The van der Waals surface area contributed by atoms with E-state index in [1.165, 1.54) is 0 Å². The molecule has 0 spiro atoms. The molecule has 0 aliphatic carbocycles. The first kappa shape index (κ1) is 16.3. The Morgan fingerprint density at radius 2 is 1.90 bits per heavy atom. The van der Waals surface area contributed by atoms with Gasteiger partial charge in [-0.3, -0.25) is 4.57 Å². The first-order valence-corrected chi connectivity index (χ1v) is 8.81. The minimum Gasteiger partial charge on any atom is -0.309 e. The van der Waals surface area contributed by atoms with Crippen molar-refractivity contribution in [2.24, 2.45) is 0 Å². The summed E-state index contributed by atoms with van der Waals surface area (Å²) in [6.45, 7) is 2.27. The van der Waals surface area contributed by atoms with Gasteiger partial charge >= 0.3 is 7.60 Å². The van der Waals surface area contributed by atoms with Crippen LogP contribution in [0.1, 0.15) is 18.1 Å². The molecule has 0 aliphatic rings. The third-order valence-corrected chi connectivity index (χ3v) is 5.11. The molecule has 2 rings (SSSR count).